The number of halogens is 4. The van der Waals surface area contributed by atoms with E-state index < -0.39 is 24.5 Å². The monoisotopic (exact) mass is 1210 g/mol. The molecule has 0 bridgehead atoms. The van der Waals surface area contributed by atoms with Crippen LogP contribution in [-0.2, 0) is 29.1 Å². The highest BCUT2D eigenvalue weighted by molar-refractivity contribution is 6.36. The molecule has 3 N–H and O–H groups in total. The smallest absolute Gasteiger partial charge is 0.405 e. The minimum Gasteiger partial charge on any atom is -0.508 e. The Morgan fingerprint density at radius 3 is 2.36 bits per heavy atom. The molecule has 5 aliphatic rings. The summed E-state index contributed by atoms with van der Waals surface area (Å²) in [6.07, 6.45) is -0.203. The molecule has 24 heteroatoms. The lowest BCUT2D eigenvalue weighted by Crippen LogP contribution is -2.55. The van der Waals surface area contributed by atoms with E-state index in [2.05, 4.69) is 72.6 Å². The van der Waals surface area contributed by atoms with E-state index in [1.54, 1.807) is 17.0 Å². The molecule has 3 atom stereocenters. The van der Waals surface area contributed by atoms with Gasteiger partial charge in [0.25, 0.3) is 5.91 Å². The summed E-state index contributed by atoms with van der Waals surface area (Å²) >= 11 is 6.83. The van der Waals surface area contributed by atoms with Crippen molar-refractivity contribution in [3.8, 4) is 40.7 Å². The van der Waals surface area contributed by atoms with E-state index in [9.17, 15) is 43.0 Å². The highest BCUT2D eigenvalue weighted by Gasteiger charge is 2.39. The zero-order chi connectivity index (χ0) is 61.3. The molecule has 5 aliphatic heterocycles. The lowest BCUT2D eigenvalue weighted by molar-refractivity contribution is -0.139. The molecule has 0 aliphatic carbocycles. The number of hydrogen-bond acceptors (Lipinski definition) is 16. The molecule has 0 radical (unpaired) electrons. The molecule has 4 fully saturated rings. The maximum Gasteiger partial charge on any atom is 0.405 e. The third-order valence-corrected chi connectivity index (χ3v) is 18.2. The first-order valence-corrected chi connectivity index (χ1v) is 30.1. The Bertz CT molecular complexity index is 3580. The number of fused-ring (bicyclic) bond motifs is 2. The van der Waals surface area contributed by atoms with Gasteiger partial charge in [0.15, 0.2) is 5.82 Å². The van der Waals surface area contributed by atoms with Gasteiger partial charge in [0.05, 0.1) is 41.4 Å². The summed E-state index contributed by atoms with van der Waals surface area (Å²) in [5.74, 6) is -1.50. The average Bonchev–Trinajstić information content (AvgIpc) is 2.81. The van der Waals surface area contributed by atoms with Crippen molar-refractivity contribution in [3.05, 3.63) is 119 Å². The quantitative estimate of drug-likeness (QED) is 0.0798. The second kappa shape index (κ2) is 25.7. The molecule has 11 rings (SSSR count). The number of alkyl halides is 3. The van der Waals surface area contributed by atoms with Crippen molar-refractivity contribution >= 4 is 51.6 Å². The minimum atomic E-state index is -4.66. The van der Waals surface area contributed by atoms with Gasteiger partial charge in [-0.3, -0.25) is 33.7 Å². The molecule has 87 heavy (non-hydrogen) atoms. The van der Waals surface area contributed by atoms with Gasteiger partial charge in [-0.2, -0.15) is 28.4 Å². The van der Waals surface area contributed by atoms with Gasteiger partial charge in [-0.15, -0.1) is 10.2 Å². The third kappa shape index (κ3) is 13.1. The molecule has 2 aromatic heterocycles. The standard InChI is InChI=1S/C63H72ClF3N14O6/c1-5-55(84)80-29-28-79(35-44(80)16-20-68)57-47-19-23-78(52-11-7-9-41-8-6-10-50(64)56(41)52)36-51(47)70-62(71-57)87-37-46-30-45(34-74(46)4)76-24-26-77(27-25-76)61(86)42-17-21-75(22-18-42)33-40-12-14-43(15-13-40)81-58(49-31-48(39(2)3)53(82)32-54(49)83)72-73-59(81)60(85)69-38-63(65,66)67/h5-15,31-32,39,42,44-46,82-83H,1,16-19,21-30,33-38H2,2-4H3,(H,69,85)/t44-,45-,46-/m0/s1. The van der Waals surface area contributed by atoms with Gasteiger partial charge in [-0.25, -0.2) is 0 Å². The van der Waals surface area contributed by atoms with Crippen LogP contribution >= 0.6 is 11.6 Å². The van der Waals surface area contributed by atoms with E-state index in [0.717, 1.165) is 71.2 Å². The van der Waals surface area contributed by atoms with Crippen molar-refractivity contribution in [2.24, 2.45) is 5.92 Å². The average molecular weight is 1210 g/mol. The fourth-order valence-corrected chi connectivity index (χ4v) is 13.4. The summed E-state index contributed by atoms with van der Waals surface area (Å²) in [4.78, 5) is 65.7. The molecule has 4 saturated heterocycles. The van der Waals surface area contributed by atoms with Crippen molar-refractivity contribution in [1.29, 1.82) is 5.26 Å². The first-order chi connectivity index (χ1) is 41.8. The number of phenolic OH excluding ortho intramolecular Hbond substituents is 2. The van der Waals surface area contributed by atoms with E-state index in [4.69, 9.17) is 26.3 Å². The fraction of sp³-hybridized carbons (Fsp3) is 0.460. The first-order valence-electron chi connectivity index (χ1n) is 29.8. The molecule has 0 unspecified atom stereocenters. The molecule has 20 nitrogen and oxygen atoms in total. The number of phenols is 2. The van der Waals surface area contributed by atoms with E-state index >= 15 is 0 Å². The number of carbonyl (C=O) groups is 3. The number of likely N-dealkylation sites (N-methyl/N-ethyl adjacent to an activating group) is 1. The Morgan fingerprint density at radius 2 is 1.64 bits per heavy atom. The van der Waals surface area contributed by atoms with E-state index in [1.165, 1.54) is 16.7 Å². The van der Waals surface area contributed by atoms with E-state index in [0.29, 0.717) is 108 Å². The van der Waals surface area contributed by atoms with Crippen LogP contribution < -0.4 is 19.9 Å². The second-order valence-corrected chi connectivity index (χ2v) is 24.1. The number of nitriles is 1. The molecular weight excluding hydrogens is 1140 g/mol. The Labute approximate surface area is 508 Å². The van der Waals surface area contributed by atoms with Crippen LogP contribution in [0, 0.1) is 17.2 Å². The zero-order valence-electron chi connectivity index (χ0n) is 49.1. The van der Waals surface area contributed by atoms with Crippen LogP contribution in [0.1, 0.15) is 78.5 Å². The number of rotatable bonds is 16. The van der Waals surface area contributed by atoms with E-state index in [1.807, 2.05) is 54.4 Å². The molecule has 0 spiro atoms. The topological polar surface area (TPSA) is 216 Å². The molecule has 7 heterocycles. The van der Waals surface area contributed by atoms with Crippen LogP contribution in [0.2, 0.25) is 5.02 Å². The van der Waals surface area contributed by atoms with Crippen LogP contribution in [0.3, 0.4) is 0 Å². The highest BCUT2D eigenvalue weighted by atomic mass is 35.5. The number of amides is 3. The van der Waals surface area contributed by atoms with Gasteiger partial charge < -0.3 is 39.9 Å². The van der Waals surface area contributed by atoms with Crippen molar-refractivity contribution in [1.82, 2.24) is 54.5 Å². The van der Waals surface area contributed by atoms with Crippen LogP contribution in [-0.4, -0.2) is 194 Å². The highest BCUT2D eigenvalue weighted by Crippen LogP contribution is 2.40. The zero-order valence-corrected chi connectivity index (χ0v) is 49.9. The summed E-state index contributed by atoms with van der Waals surface area (Å²) in [5, 5.41) is 43.9. The summed E-state index contributed by atoms with van der Waals surface area (Å²) in [6.45, 7) is 14.5. The Balaban J connectivity index is 0.694. The number of nitrogens with one attached hydrogen (secondary N) is 1. The lowest BCUT2D eigenvalue weighted by atomic mass is 9.94. The Hall–Kier alpha value is -8.04. The van der Waals surface area contributed by atoms with Gasteiger partial charge in [0, 0.05) is 112 Å². The Morgan fingerprint density at radius 1 is 0.897 bits per heavy atom. The SMILES string of the molecule is C=CC(=O)N1CCN(c2nc(OC[C@@H]3C[C@H](N4CCN(C(=O)C5CCN(Cc6ccc(-n7c(C(=O)NCC(F)(F)F)nnc7-c7cc(C(C)C)c(O)cc7O)cc6)CC5)CC4)CN3C)nc3c2CCN(c2cccc4cccc(Cl)c24)C3)C[C@@H]1CC#N. The predicted octanol–water partition coefficient (Wildman–Crippen LogP) is 7.55. The number of piperidine rings is 1. The molecule has 4 aromatic carbocycles. The summed E-state index contributed by atoms with van der Waals surface area (Å²) in [7, 11) is 2.12. The van der Waals surface area contributed by atoms with Gasteiger partial charge in [0.2, 0.25) is 17.6 Å². The molecule has 6 aromatic rings. The Kier molecular flexibility index (Phi) is 17.9. The van der Waals surface area contributed by atoms with Gasteiger partial charge in [-0.1, -0.05) is 68.4 Å². The number of hydrogen-bond donors (Lipinski definition) is 3. The maximum absolute atomic E-state index is 14.1. The van der Waals surface area contributed by atoms with Crippen molar-refractivity contribution in [3.63, 3.8) is 0 Å². The number of aromatic hydroxyl groups is 2. The molecular formula is C63H72ClF3N14O6. The number of benzene rings is 4. The second-order valence-electron chi connectivity index (χ2n) is 23.7. The summed E-state index contributed by atoms with van der Waals surface area (Å²) in [6, 6.07) is 24.6. The molecule has 0 saturated carbocycles. The number of piperazine rings is 2. The largest absolute Gasteiger partial charge is 0.508 e. The number of anilines is 2. The fourth-order valence-electron chi connectivity index (χ4n) is 13.1. The predicted molar refractivity (Wildman–Crippen MR) is 323 cm³/mol. The number of carbonyl (C=O) groups excluding carboxylic acids is 3. The van der Waals surface area contributed by atoms with Crippen LogP contribution in [0.4, 0.5) is 24.7 Å². The maximum atomic E-state index is 14.1. The number of aromatic nitrogens is 5. The first kappa shape index (κ1) is 60.6. The van der Waals surface area contributed by atoms with Crippen LogP contribution in [0.15, 0.2) is 85.5 Å². The van der Waals surface area contributed by atoms with Crippen molar-refractivity contribution < 1.29 is 42.5 Å². The third-order valence-electron chi connectivity index (χ3n) is 17.8. The van der Waals surface area contributed by atoms with E-state index in [-0.39, 0.29) is 77.1 Å². The lowest BCUT2D eigenvalue weighted by Gasteiger charge is -2.42. The number of nitrogens with zero attached hydrogens (tertiary/aromatic N) is 13. The summed E-state index contributed by atoms with van der Waals surface area (Å²) in [5.41, 5.74) is 4.86. The van der Waals surface area contributed by atoms with Gasteiger partial charge in [0.1, 0.15) is 30.5 Å². The van der Waals surface area contributed by atoms with Crippen LogP contribution in [0.5, 0.6) is 17.5 Å². The van der Waals surface area contributed by atoms with Gasteiger partial charge >= 0.3 is 12.2 Å². The minimum absolute atomic E-state index is 0.000361. The van der Waals surface area contributed by atoms with Crippen molar-refractivity contribution in [2.75, 3.05) is 102 Å². The van der Waals surface area contributed by atoms with Gasteiger partial charge in [-0.05, 0) is 105 Å². The van der Waals surface area contributed by atoms with Crippen molar-refractivity contribution in [2.45, 2.75) is 89.3 Å². The summed E-state index contributed by atoms with van der Waals surface area (Å²) < 4.78 is 47.4. The number of likely N-dealkylation sites (tertiary alicyclic amines) is 2. The van der Waals surface area contributed by atoms with Crippen LogP contribution in [0.25, 0.3) is 27.8 Å². The normalized spacial score (nSPS) is 20.0. The number of ether oxygens (including phenoxy) is 1. The molecule has 458 valence electrons. The molecule has 3 amide bonds.